The molecule has 0 aromatic heterocycles. The molecule has 5 nitrogen and oxygen atoms in total. The second-order valence-corrected chi connectivity index (χ2v) is 3.60. The molecule has 0 aliphatic heterocycles. The number of hydrogen-bond donors (Lipinski definition) is 0. The molecule has 0 heterocycles. The van der Waals surface area contributed by atoms with Crippen LogP contribution in [0.1, 0.15) is 13.8 Å². The van der Waals surface area contributed by atoms with E-state index in [2.05, 4.69) is 9.84 Å². The molecule has 0 atom stereocenters. The van der Waals surface area contributed by atoms with Gasteiger partial charge in [-0.25, -0.2) is 13.6 Å². The molecule has 20 heavy (non-hydrogen) atoms. The molecule has 1 rings (SSSR count). The largest absolute Gasteiger partial charge is 0.461 e. The molecular formula is C13H13F2N3O2. The number of hydrazone groups is 1. The van der Waals surface area contributed by atoms with Gasteiger partial charge < -0.3 is 4.74 Å². The summed E-state index contributed by atoms with van der Waals surface area (Å²) in [5, 5.41) is 13.9. The van der Waals surface area contributed by atoms with E-state index in [0.29, 0.717) is 0 Å². The molecule has 0 N–H and O–H groups in total. The Bertz CT molecular complexity index is 567. The van der Waals surface area contributed by atoms with Crippen molar-refractivity contribution in [3.63, 3.8) is 0 Å². The van der Waals surface area contributed by atoms with Gasteiger partial charge in [-0.15, -0.1) is 0 Å². The Morgan fingerprint density at radius 2 is 2.10 bits per heavy atom. The molecule has 0 radical (unpaired) electrons. The molecule has 0 saturated carbocycles. The lowest BCUT2D eigenvalue weighted by Crippen LogP contribution is -2.23. The van der Waals surface area contributed by atoms with E-state index in [1.54, 1.807) is 19.9 Å². The molecular weight excluding hydrogens is 268 g/mol. The van der Waals surface area contributed by atoms with Crippen molar-refractivity contribution in [1.82, 2.24) is 0 Å². The lowest BCUT2D eigenvalue weighted by Gasteiger charge is -2.17. The summed E-state index contributed by atoms with van der Waals surface area (Å²) in [5.41, 5.74) is -0.234. The summed E-state index contributed by atoms with van der Waals surface area (Å²) < 4.78 is 30.7. The SMILES string of the molecule is CCOC(=O)/C(C#N)=N\N(CC)c1ccc(F)c(F)c1. The van der Waals surface area contributed by atoms with Crippen LogP contribution in [0, 0.1) is 23.0 Å². The maximum atomic E-state index is 13.2. The molecule has 0 aliphatic carbocycles. The van der Waals surface area contributed by atoms with Crippen molar-refractivity contribution in [2.24, 2.45) is 5.10 Å². The third-order valence-corrected chi connectivity index (χ3v) is 2.30. The van der Waals surface area contributed by atoms with Gasteiger partial charge in [-0.1, -0.05) is 0 Å². The number of nitriles is 1. The van der Waals surface area contributed by atoms with Crippen molar-refractivity contribution < 1.29 is 18.3 Å². The fourth-order valence-electron chi connectivity index (χ4n) is 1.39. The van der Waals surface area contributed by atoms with Crippen molar-refractivity contribution in [3.05, 3.63) is 29.8 Å². The standard InChI is InChI=1S/C13H13F2N3O2/c1-3-18(9-5-6-10(14)11(15)7-9)17-12(8-16)13(19)20-4-2/h5-7H,3-4H2,1-2H3/b17-12-. The van der Waals surface area contributed by atoms with Crippen molar-refractivity contribution in [2.75, 3.05) is 18.2 Å². The zero-order chi connectivity index (χ0) is 15.1. The molecule has 106 valence electrons. The second-order valence-electron chi connectivity index (χ2n) is 3.60. The maximum absolute atomic E-state index is 13.2. The minimum absolute atomic E-state index is 0.108. The average molecular weight is 281 g/mol. The summed E-state index contributed by atoms with van der Waals surface area (Å²) in [6.07, 6.45) is 0. The molecule has 0 bridgehead atoms. The highest BCUT2D eigenvalue weighted by Gasteiger charge is 2.15. The van der Waals surface area contributed by atoms with Crippen molar-refractivity contribution >= 4 is 17.4 Å². The third kappa shape index (κ3) is 3.75. The van der Waals surface area contributed by atoms with Gasteiger partial charge in [0.05, 0.1) is 12.3 Å². The number of halogens is 2. The van der Waals surface area contributed by atoms with E-state index in [0.717, 1.165) is 12.1 Å². The van der Waals surface area contributed by atoms with E-state index in [1.165, 1.54) is 11.1 Å². The van der Waals surface area contributed by atoms with Crippen LogP contribution in [0.4, 0.5) is 14.5 Å². The number of rotatable bonds is 5. The molecule has 0 aliphatic rings. The lowest BCUT2D eigenvalue weighted by atomic mass is 10.3. The molecule has 7 heteroatoms. The molecule has 0 amide bonds. The van der Waals surface area contributed by atoms with Crippen molar-refractivity contribution in [1.29, 1.82) is 5.26 Å². The molecule has 0 saturated heterocycles. The first-order valence-electron chi connectivity index (χ1n) is 5.91. The topological polar surface area (TPSA) is 65.7 Å². The van der Waals surface area contributed by atoms with Gasteiger partial charge in [-0.2, -0.15) is 10.4 Å². The van der Waals surface area contributed by atoms with Gasteiger partial charge in [-0.05, 0) is 26.0 Å². The molecule has 0 fully saturated rings. The molecule has 0 spiro atoms. The Hall–Kier alpha value is -2.49. The zero-order valence-corrected chi connectivity index (χ0v) is 11.1. The fraction of sp³-hybridized carbons (Fsp3) is 0.308. The summed E-state index contributed by atoms with van der Waals surface area (Å²) in [5.74, 6) is -2.89. The minimum atomic E-state index is -1.04. The molecule has 1 aromatic rings. The first-order valence-corrected chi connectivity index (χ1v) is 5.91. The average Bonchev–Trinajstić information content (AvgIpc) is 2.43. The molecule has 1 aromatic carbocycles. The zero-order valence-electron chi connectivity index (χ0n) is 11.1. The van der Waals surface area contributed by atoms with E-state index in [-0.39, 0.29) is 18.8 Å². The summed E-state index contributed by atoms with van der Waals surface area (Å²) >= 11 is 0. The van der Waals surface area contributed by atoms with Crippen LogP contribution in [0.25, 0.3) is 0 Å². The Kier molecular flexibility index (Phi) is 5.59. The van der Waals surface area contributed by atoms with Crippen LogP contribution in [0.5, 0.6) is 0 Å². The van der Waals surface area contributed by atoms with Gasteiger partial charge in [0.1, 0.15) is 6.07 Å². The van der Waals surface area contributed by atoms with Crippen LogP contribution < -0.4 is 5.01 Å². The molecule has 0 unspecified atom stereocenters. The smallest absolute Gasteiger partial charge is 0.369 e. The van der Waals surface area contributed by atoms with Gasteiger partial charge in [0.15, 0.2) is 11.6 Å². The van der Waals surface area contributed by atoms with E-state index >= 15 is 0 Å². The highest BCUT2D eigenvalue weighted by atomic mass is 19.2. The normalized spacial score (nSPS) is 10.8. The summed E-state index contributed by atoms with van der Waals surface area (Å²) in [7, 11) is 0. The summed E-state index contributed by atoms with van der Waals surface area (Å²) in [4.78, 5) is 11.4. The van der Waals surface area contributed by atoms with Crippen LogP contribution in [0.2, 0.25) is 0 Å². The number of hydrogen-bond acceptors (Lipinski definition) is 5. The van der Waals surface area contributed by atoms with Crippen LogP contribution in [-0.2, 0) is 9.53 Å². The Morgan fingerprint density at radius 3 is 2.60 bits per heavy atom. The van der Waals surface area contributed by atoms with E-state index in [4.69, 9.17) is 5.26 Å². The number of carbonyl (C=O) groups excluding carboxylic acids is 1. The first-order chi connectivity index (χ1) is 9.53. The van der Waals surface area contributed by atoms with Gasteiger partial charge in [0.2, 0.25) is 5.71 Å². The Balaban J connectivity index is 3.09. The number of ether oxygens (including phenoxy) is 1. The highest BCUT2D eigenvalue weighted by Crippen LogP contribution is 2.18. The quantitative estimate of drug-likeness (QED) is 0.471. The van der Waals surface area contributed by atoms with Crippen molar-refractivity contribution in [3.8, 4) is 6.07 Å². The Labute approximate surface area is 115 Å². The predicted molar refractivity (Wildman–Crippen MR) is 69.1 cm³/mol. The summed E-state index contributed by atoms with van der Waals surface area (Å²) in [6, 6.07) is 4.79. The number of benzene rings is 1. The number of esters is 1. The van der Waals surface area contributed by atoms with Crippen LogP contribution in [0.15, 0.2) is 23.3 Å². The van der Waals surface area contributed by atoms with Gasteiger partial charge in [0.25, 0.3) is 0 Å². The first kappa shape index (κ1) is 15.6. The van der Waals surface area contributed by atoms with E-state index < -0.39 is 23.3 Å². The van der Waals surface area contributed by atoms with Gasteiger partial charge in [0, 0.05) is 12.6 Å². The van der Waals surface area contributed by atoms with Gasteiger partial charge in [-0.3, -0.25) is 5.01 Å². The van der Waals surface area contributed by atoms with Crippen LogP contribution >= 0.6 is 0 Å². The van der Waals surface area contributed by atoms with E-state index in [9.17, 15) is 13.6 Å². The number of anilines is 1. The third-order valence-electron chi connectivity index (χ3n) is 2.30. The second kappa shape index (κ2) is 7.19. The lowest BCUT2D eigenvalue weighted by molar-refractivity contribution is -0.134. The van der Waals surface area contributed by atoms with Crippen LogP contribution in [0.3, 0.4) is 0 Å². The number of nitrogens with zero attached hydrogens (tertiary/aromatic N) is 3. The fourth-order valence-corrected chi connectivity index (χ4v) is 1.39. The highest BCUT2D eigenvalue weighted by molar-refractivity contribution is 6.43. The Morgan fingerprint density at radius 1 is 1.40 bits per heavy atom. The van der Waals surface area contributed by atoms with Crippen LogP contribution in [-0.4, -0.2) is 24.8 Å². The van der Waals surface area contributed by atoms with Gasteiger partial charge >= 0.3 is 5.97 Å². The summed E-state index contributed by atoms with van der Waals surface area (Å²) in [6.45, 7) is 3.65. The van der Waals surface area contributed by atoms with Crippen molar-refractivity contribution in [2.45, 2.75) is 13.8 Å². The number of carbonyl (C=O) groups is 1. The maximum Gasteiger partial charge on any atom is 0.369 e. The predicted octanol–water partition coefficient (Wildman–Crippen LogP) is 2.23. The minimum Gasteiger partial charge on any atom is -0.461 e. The monoisotopic (exact) mass is 281 g/mol. The van der Waals surface area contributed by atoms with E-state index in [1.807, 2.05) is 0 Å².